The molecule has 0 heterocycles. The summed E-state index contributed by atoms with van der Waals surface area (Å²) < 4.78 is 5.15. The molecule has 0 aliphatic rings. The van der Waals surface area contributed by atoms with E-state index >= 15 is 0 Å². The summed E-state index contributed by atoms with van der Waals surface area (Å²) in [7, 11) is 1.50. The molecule has 0 radical (unpaired) electrons. The van der Waals surface area contributed by atoms with Gasteiger partial charge >= 0.3 is 0 Å². The van der Waals surface area contributed by atoms with Crippen LogP contribution in [0.15, 0.2) is 48.5 Å². The minimum atomic E-state index is -0.323. The SMILES string of the molecule is COc1ccc(C=O)cc1NC(=O)/C=C/c1ccc(Cl)cc1. The second-order valence-electron chi connectivity index (χ2n) is 4.45. The van der Waals surface area contributed by atoms with Gasteiger partial charge in [0, 0.05) is 16.7 Å². The van der Waals surface area contributed by atoms with Crippen LogP contribution in [-0.4, -0.2) is 19.3 Å². The molecule has 1 amide bonds. The zero-order valence-electron chi connectivity index (χ0n) is 11.9. The van der Waals surface area contributed by atoms with E-state index < -0.39 is 0 Å². The van der Waals surface area contributed by atoms with Crippen LogP contribution >= 0.6 is 11.6 Å². The maximum Gasteiger partial charge on any atom is 0.248 e. The molecule has 0 fully saturated rings. The molecule has 0 saturated heterocycles. The summed E-state index contributed by atoms with van der Waals surface area (Å²) >= 11 is 5.80. The van der Waals surface area contributed by atoms with Crippen molar-refractivity contribution >= 4 is 35.6 Å². The number of ether oxygens (including phenoxy) is 1. The van der Waals surface area contributed by atoms with Crippen LogP contribution in [-0.2, 0) is 4.79 Å². The Morgan fingerprint density at radius 1 is 1.14 bits per heavy atom. The highest BCUT2D eigenvalue weighted by molar-refractivity contribution is 6.30. The Kier molecular flexibility index (Phi) is 5.33. The van der Waals surface area contributed by atoms with Crippen molar-refractivity contribution in [3.8, 4) is 5.75 Å². The Balaban J connectivity index is 2.11. The molecular weight excluding hydrogens is 302 g/mol. The zero-order chi connectivity index (χ0) is 15.9. The van der Waals surface area contributed by atoms with Gasteiger partial charge in [0.2, 0.25) is 5.91 Å². The molecule has 0 aromatic heterocycles. The average molecular weight is 316 g/mol. The fourth-order valence-electron chi connectivity index (χ4n) is 1.82. The Labute approximate surface area is 133 Å². The van der Waals surface area contributed by atoms with Gasteiger partial charge in [-0.3, -0.25) is 9.59 Å². The number of benzene rings is 2. The van der Waals surface area contributed by atoms with Gasteiger partial charge < -0.3 is 10.1 Å². The number of methoxy groups -OCH3 is 1. The van der Waals surface area contributed by atoms with Crippen LogP contribution in [0, 0.1) is 0 Å². The zero-order valence-corrected chi connectivity index (χ0v) is 12.6. The molecule has 0 aliphatic heterocycles. The van der Waals surface area contributed by atoms with Crippen LogP contribution in [0.5, 0.6) is 5.75 Å². The van der Waals surface area contributed by atoms with Crippen LogP contribution in [0.1, 0.15) is 15.9 Å². The van der Waals surface area contributed by atoms with Gasteiger partial charge in [0.05, 0.1) is 12.8 Å². The summed E-state index contributed by atoms with van der Waals surface area (Å²) in [6, 6.07) is 11.9. The Morgan fingerprint density at radius 2 is 1.82 bits per heavy atom. The van der Waals surface area contributed by atoms with E-state index in [9.17, 15) is 9.59 Å². The minimum absolute atomic E-state index is 0.323. The highest BCUT2D eigenvalue weighted by Crippen LogP contribution is 2.25. The maximum absolute atomic E-state index is 12.0. The lowest BCUT2D eigenvalue weighted by Crippen LogP contribution is -2.09. The lowest BCUT2D eigenvalue weighted by atomic mass is 10.2. The van der Waals surface area contributed by atoms with Crippen molar-refractivity contribution in [2.45, 2.75) is 0 Å². The summed E-state index contributed by atoms with van der Waals surface area (Å²) in [5.74, 6) is 0.162. The lowest BCUT2D eigenvalue weighted by Gasteiger charge is -2.09. The van der Waals surface area contributed by atoms with Crippen molar-refractivity contribution in [1.82, 2.24) is 0 Å². The maximum atomic E-state index is 12.0. The number of halogens is 1. The number of nitrogens with one attached hydrogen (secondary N) is 1. The molecule has 112 valence electrons. The van der Waals surface area contributed by atoms with Crippen LogP contribution in [0.2, 0.25) is 5.02 Å². The van der Waals surface area contributed by atoms with Gasteiger partial charge in [-0.15, -0.1) is 0 Å². The number of hydrogen-bond donors (Lipinski definition) is 1. The largest absolute Gasteiger partial charge is 0.495 e. The van der Waals surface area contributed by atoms with Crippen molar-refractivity contribution in [1.29, 1.82) is 0 Å². The van der Waals surface area contributed by atoms with Gasteiger partial charge in [-0.25, -0.2) is 0 Å². The smallest absolute Gasteiger partial charge is 0.248 e. The average Bonchev–Trinajstić information content (AvgIpc) is 2.54. The molecule has 0 aliphatic carbocycles. The van der Waals surface area contributed by atoms with Crippen LogP contribution in [0.25, 0.3) is 6.08 Å². The number of anilines is 1. The first kappa shape index (κ1) is 15.8. The predicted octanol–water partition coefficient (Wildman–Crippen LogP) is 3.81. The minimum Gasteiger partial charge on any atom is -0.495 e. The Hall–Kier alpha value is -2.59. The van der Waals surface area contributed by atoms with Gasteiger partial charge in [0.1, 0.15) is 12.0 Å². The van der Waals surface area contributed by atoms with E-state index in [-0.39, 0.29) is 5.91 Å². The molecule has 2 rings (SSSR count). The summed E-state index contributed by atoms with van der Waals surface area (Å²) in [6.07, 6.45) is 3.77. The molecule has 0 saturated carbocycles. The van der Waals surface area contributed by atoms with E-state index in [1.165, 1.54) is 13.2 Å². The number of carbonyl (C=O) groups is 2. The monoisotopic (exact) mass is 315 g/mol. The Bertz CT molecular complexity index is 708. The number of aldehydes is 1. The van der Waals surface area contributed by atoms with Gasteiger partial charge in [0.25, 0.3) is 0 Å². The molecule has 0 unspecified atom stereocenters. The first-order chi connectivity index (χ1) is 10.6. The molecule has 5 heteroatoms. The molecule has 1 N–H and O–H groups in total. The summed E-state index contributed by atoms with van der Waals surface area (Å²) in [6.45, 7) is 0. The second-order valence-corrected chi connectivity index (χ2v) is 4.89. The quantitative estimate of drug-likeness (QED) is 0.674. The second kappa shape index (κ2) is 7.43. The predicted molar refractivity (Wildman–Crippen MR) is 87.5 cm³/mol. The highest BCUT2D eigenvalue weighted by Gasteiger charge is 2.06. The lowest BCUT2D eigenvalue weighted by molar-refractivity contribution is -0.111. The molecule has 2 aromatic rings. The van der Waals surface area contributed by atoms with Gasteiger partial charge in [-0.05, 0) is 42.0 Å². The molecule has 0 atom stereocenters. The van der Waals surface area contributed by atoms with Gasteiger partial charge in [0.15, 0.2) is 0 Å². The standard InChI is InChI=1S/C17H14ClNO3/c1-22-16-8-4-13(11-20)10-15(16)19-17(21)9-5-12-2-6-14(18)7-3-12/h2-11H,1H3,(H,19,21)/b9-5+. The molecule has 22 heavy (non-hydrogen) atoms. The molecular formula is C17H14ClNO3. The van der Waals surface area contributed by atoms with Gasteiger partial charge in [-0.1, -0.05) is 23.7 Å². The number of rotatable bonds is 5. The fraction of sp³-hybridized carbons (Fsp3) is 0.0588. The van der Waals surface area contributed by atoms with Crippen molar-refractivity contribution in [3.63, 3.8) is 0 Å². The van der Waals surface area contributed by atoms with Gasteiger partial charge in [-0.2, -0.15) is 0 Å². The van der Waals surface area contributed by atoms with Crippen LogP contribution < -0.4 is 10.1 Å². The molecule has 4 nitrogen and oxygen atoms in total. The van der Waals surface area contributed by atoms with Crippen molar-refractivity contribution < 1.29 is 14.3 Å². The molecule has 2 aromatic carbocycles. The van der Waals surface area contributed by atoms with Crippen molar-refractivity contribution in [2.24, 2.45) is 0 Å². The number of hydrogen-bond acceptors (Lipinski definition) is 3. The third-order valence-corrected chi connectivity index (χ3v) is 3.17. The number of carbonyl (C=O) groups excluding carboxylic acids is 2. The van der Waals surface area contributed by atoms with Crippen molar-refractivity contribution in [3.05, 3.63) is 64.7 Å². The van der Waals surface area contributed by atoms with E-state index in [1.807, 2.05) is 0 Å². The van der Waals surface area contributed by atoms with E-state index in [0.717, 1.165) is 5.56 Å². The third kappa shape index (κ3) is 4.20. The summed E-state index contributed by atoms with van der Waals surface area (Å²) in [5, 5.41) is 3.32. The van der Waals surface area contributed by atoms with Crippen LogP contribution in [0.3, 0.4) is 0 Å². The fourth-order valence-corrected chi connectivity index (χ4v) is 1.94. The van der Waals surface area contributed by atoms with E-state index in [4.69, 9.17) is 16.3 Å². The highest BCUT2D eigenvalue weighted by atomic mass is 35.5. The topological polar surface area (TPSA) is 55.4 Å². The Morgan fingerprint density at radius 3 is 2.45 bits per heavy atom. The van der Waals surface area contributed by atoms with E-state index in [0.29, 0.717) is 28.3 Å². The first-order valence-corrected chi connectivity index (χ1v) is 6.88. The molecule has 0 spiro atoms. The van der Waals surface area contributed by atoms with E-state index in [1.54, 1.807) is 48.5 Å². The summed E-state index contributed by atoms with van der Waals surface area (Å²) in [4.78, 5) is 22.8. The summed E-state index contributed by atoms with van der Waals surface area (Å²) in [5.41, 5.74) is 1.75. The van der Waals surface area contributed by atoms with Crippen LogP contribution in [0.4, 0.5) is 5.69 Å². The molecule has 0 bridgehead atoms. The number of amides is 1. The first-order valence-electron chi connectivity index (χ1n) is 6.50. The normalized spacial score (nSPS) is 10.5. The third-order valence-electron chi connectivity index (χ3n) is 2.91. The van der Waals surface area contributed by atoms with E-state index in [2.05, 4.69) is 5.32 Å². The van der Waals surface area contributed by atoms with Crippen molar-refractivity contribution in [2.75, 3.05) is 12.4 Å².